The molecule has 11 heteroatoms. The van der Waals surface area contributed by atoms with Gasteiger partial charge >= 0.3 is 12.1 Å². The highest BCUT2D eigenvalue weighted by atomic mass is 19.4. The Bertz CT molecular complexity index is 1690. The van der Waals surface area contributed by atoms with E-state index in [2.05, 4.69) is 5.10 Å². The molecule has 2 aliphatic heterocycles. The van der Waals surface area contributed by atoms with E-state index < -0.39 is 34.6 Å². The third kappa shape index (κ3) is 3.52. The number of halogens is 3. The lowest BCUT2D eigenvalue weighted by molar-refractivity contribution is -0.237. The maximum atomic E-state index is 15.9. The maximum absolute atomic E-state index is 15.9. The Hall–Kier alpha value is -4.80. The fourth-order valence-electron chi connectivity index (χ4n) is 6.07. The fraction of sp³-hybridized carbons (Fsp3) is 0.258. The quantitative estimate of drug-likeness (QED) is 0.286. The van der Waals surface area contributed by atoms with E-state index in [0.717, 1.165) is 0 Å². The van der Waals surface area contributed by atoms with Crippen molar-refractivity contribution in [1.29, 1.82) is 0 Å². The monoisotopic (exact) mass is 577 g/mol. The van der Waals surface area contributed by atoms with Gasteiger partial charge in [-0.25, -0.2) is 4.68 Å². The van der Waals surface area contributed by atoms with Gasteiger partial charge in [-0.1, -0.05) is 48.5 Å². The molecule has 0 saturated carbocycles. The number of amides is 1. The predicted molar refractivity (Wildman–Crippen MR) is 146 cm³/mol. The van der Waals surface area contributed by atoms with Crippen LogP contribution in [0.4, 0.5) is 18.9 Å². The first-order chi connectivity index (χ1) is 20.1. The first-order valence-corrected chi connectivity index (χ1v) is 13.2. The Morgan fingerprint density at radius 1 is 1.02 bits per heavy atom. The number of carbonyl (C=O) groups is 2. The average molecular weight is 578 g/mol. The number of nitrogens with zero attached hydrogens (tertiary/aromatic N) is 3. The summed E-state index contributed by atoms with van der Waals surface area (Å²) >= 11 is 0. The van der Waals surface area contributed by atoms with E-state index in [1.807, 2.05) is 0 Å². The molecule has 3 aromatic carbocycles. The number of esters is 1. The van der Waals surface area contributed by atoms with Crippen LogP contribution in [0.5, 0.6) is 11.6 Å². The van der Waals surface area contributed by atoms with Crippen LogP contribution in [0, 0.1) is 6.92 Å². The number of ether oxygens (including phenoxy) is 3. The molecule has 0 fully saturated rings. The largest absolute Gasteiger partial charge is 0.497 e. The van der Waals surface area contributed by atoms with Crippen LogP contribution in [0.3, 0.4) is 0 Å². The van der Waals surface area contributed by atoms with Gasteiger partial charge in [0, 0.05) is 5.56 Å². The van der Waals surface area contributed by atoms with Crippen molar-refractivity contribution in [3.8, 4) is 17.3 Å². The molecular formula is C31H26F3N3O5. The van der Waals surface area contributed by atoms with Crippen LogP contribution in [-0.2, 0) is 31.9 Å². The average Bonchev–Trinajstić information content (AvgIpc) is 3.56. The summed E-state index contributed by atoms with van der Waals surface area (Å²) in [5.41, 5.74) is -6.15. The molecule has 0 saturated heterocycles. The number of para-hydroxylation sites is 1. The summed E-state index contributed by atoms with van der Waals surface area (Å²) in [6, 6.07) is 21.6. The fourth-order valence-corrected chi connectivity index (χ4v) is 6.07. The lowest BCUT2D eigenvalue weighted by Gasteiger charge is -2.40. The van der Waals surface area contributed by atoms with Gasteiger partial charge in [0.15, 0.2) is 0 Å². The van der Waals surface area contributed by atoms with Crippen molar-refractivity contribution in [2.75, 3.05) is 18.6 Å². The van der Waals surface area contributed by atoms with Gasteiger partial charge in [0.25, 0.3) is 5.91 Å². The van der Waals surface area contributed by atoms with E-state index in [-0.39, 0.29) is 41.7 Å². The van der Waals surface area contributed by atoms with Gasteiger partial charge in [0.1, 0.15) is 5.75 Å². The molecule has 0 bridgehead atoms. The molecule has 8 nitrogen and oxygen atoms in total. The van der Waals surface area contributed by atoms with Gasteiger partial charge in [-0.15, -0.1) is 0 Å². The lowest BCUT2D eigenvalue weighted by Crippen LogP contribution is -2.66. The van der Waals surface area contributed by atoms with Crippen LogP contribution in [0.15, 0.2) is 78.9 Å². The van der Waals surface area contributed by atoms with Crippen LogP contribution < -0.4 is 14.4 Å². The molecule has 0 N–H and O–H groups in total. The summed E-state index contributed by atoms with van der Waals surface area (Å²) in [6.45, 7) is 2.33. The van der Waals surface area contributed by atoms with Crippen LogP contribution in [0.25, 0.3) is 5.69 Å². The topological polar surface area (TPSA) is 82.9 Å². The lowest BCUT2D eigenvalue weighted by atomic mass is 9.65. The second-order valence-corrected chi connectivity index (χ2v) is 10.0. The van der Waals surface area contributed by atoms with E-state index >= 15 is 13.2 Å². The van der Waals surface area contributed by atoms with Crippen molar-refractivity contribution in [1.82, 2.24) is 9.78 Å². The van der Waals surface area contributed by atoms with Gasteiger partial charge < -0.3 is 19.1 Å². The molecule has 2 atom stereocenters. The highest BCUT2D eigenvalue weighted by Gasteiger charge is 2.85. The third-order valence-corrected chi connectivity index (χ3v) is 7.78. The number of benzene rings is 3. The molecule has 3 heterocycles. The number of alkyl halides is 3. The number of hydrogen-bond acceptors (Lipinski definition) is 6. The van der Waals surface area contributed by atoms with Crippen LogP contribution in [0.1, 0.15) is 29.3 Å². The van der Waals surface area contributed by atoms with Crippen LogP contribution in [0.2, 0.25) is 0 Å². The van der Waals surface area contributed by atoms with E-state index in [1.54, 1.807) is 66.7 Å². The second kappa shape index (κ2) is 9.64. The highest BCUT2D eigenvalue weighted by Crippen LogP contribution is 2.67. The van der Waals surface area contributed by atoms with E-state index in [1.165, 1.54) is 42.7 Å². The SMILES string of the molecule is CCOC(=O)[C@@]1(C(F)(F)F)c2c(C)nn(-c3ccccc3)c2O[C@@]12C(=O)N(Cc1ccccc1)c1ccc(OC)cc12. The first kappa shape index (κ1) is 27.4. The van der Waals surface area contributed by atoms with Gasteiger partial charge in [-0.3, -0.25) is 9.59 Å². The Balaban J connectivity index is 1.71. The molecule has 1 spiro atoms. The smallest absolute Gasteiger partial charge is 0.414 e. The molecule has 42 heavy (non-hydrogen) atoms. The maximum Gasteiger partial charge on any atom is 0.414 e. The molecule has 0 aliphatic carbocycles. The normalized spacial score (nSPS) is 20.8. The van der Waals surface area contributed by atoms with Crippen molar-refractivity contribution in [3.05, 3.63) is 101 Å². The summed E-state index contributed by atoms with van der Waals surface area (Å²) < 4.78 is 65.9. The molecule has 2 aliphatic rings. The van der Waals surface area contributed by atoms with Gasteiger partial charge in [0.05, 0.1) is 42.9 Å². The highest BCUT2D eigenvalue weighted by molar-refractivity contribution is 6.13. The minimum atomic E-state index is -5.36. The predicted octanol–water partition coefficient (Wildman–Crippen LogP) is 5.39. The number of methoxy groups -OCH3 is 1. The number of aromatic nitrogens is 2. The van der Waals surface area contributed by atoms with Crippen molar-refractivity contribution >= 4 is 17.6 Å². The summed E-state index contributed by atoms with van der Waals surface area (Å²) in [6.07, 6.45) is -5.36. The third-order valence-electron chi connectivity index (χ3n) is 7.78. The Morgan fingerprint density at radius 2 is 1.69 bits per heavy atom. The van der Waals surface area contributed by atoms with E-state index in [0.29, 0.717) is 11.3 Å². The minimum Gasteiger partial charge on any atom is -0.497 e. The molecule has 1 aromatic heterocycles. The first-order valence-electron chi connectivity index (χ1n) is 13.2. The molecule has 0 radical (unpaired) electrons. The zero-order chi connectivity index (χ0) is 29.9. The molecular weight excluding hydrogens is 551 g/mol. The second-order valence-electron chi connectivity index (χ2n) is 10.0. The molecule has 4 aromatic rings. The van der Waals surface area contributed by atoms with Crippen LogP contribution >= 0.6 is 0 Å². The van der Waals surface area contributed by atoms with Crippen molar-refractivity contribution in [2.45, 2.75) is 37.6 Å². The molecule has 216 valence electrons. The summed E-state index contributed by atoms with van der Waals surface area (Å²) in [4.78, 5) is 29.9. The number of anilines is 1. The molecule has 6 rings (SSSR count). The van der Waals surface area contributed by atoms with Crippen molar-refractivity contribution in [2.24, 2.45) is 0 Å². The number of hydrogen-bond donors (Lipinski definition) is 0. The zero-order valence-corrected chi connectivity index (χ0v) is 22.9. The number of fused-ring (bicyclic) bond motifs is 3. The molecule has 0 unspecified atom stereocenters. The summed E-state index contributed by atoms with van der Waals surface area (Å²) in [5.74, 6) is -2.90. The van der Waals surface area contributed by atoms with E-state index in [9.17, 15) is 9.59 Å². The van der Waals surface area contributed by atoms with Gasteiger partial charge in [-0.2, -0.15) is 18.3 Å². The zero-order valence-electron chi connectivity index (χ0n) is 22.9. The number of carbonyl (C=O) groups excluding carboxylic acids is 2. The Morgan fingerprint density at radius 3 is 2.31 bits per heavy atom. The van der Waals surface area contributed by atoms with Gasteiger partial charge in [-0.05, 0) is 49.7 Å². The van der Waals surface area contributed by atoms with Crippen molar-refractivity contribution < 1.29 is 37.0 Å². The summed E-state index contributed by atoms with van der Waals surface area (Å²) in [7, 11) is 1.36. The summed E-state index contributed by atoms with van der Waals surface area (Å²) in [5, 5.41) is 4.34. The van der Waals surface area contributed by atoms with E-state index in [4.69, 9.17) is 14.2 Å². The van der Waals surface area contributed by atoms with Crippen molar-refractivity contribution in [3.63, 3.8) is 0 Å². The Kier molecular flexibility index (Phi) is 6.29. The Labute approximate surface area is 239 Å². The van der Waals surface area contributed by atoms with Gasteiger partial charge in [0.2, 0.25) is 16.9 Å². The number of aryl methyl sites for hydroxylation is 1. The molecule has 1 amide bonds. The van der Waals surface area contributed by atoms with Crippen LogP contribution in [-0.4, -0.2) is 41.5 Å². The minimum absolute atomic E-state index is 0.0684. The standard InChI is InChI=1S/C31H26F3N3O5/c1-4-41-28(39)29(31(32,33)34)25-19(2)35-37(21-13-9-6-10-14-21)26(25)42-30(29)23-17-22(40-3)15-16-24(23)36(27(30)38)18-20-11-7-5-8-12-20/h5-17H,4,18H2,1-3H3/t29-,30-/m0/s1. The number of rotatable bonds is 6.